The summed E-state index contributed by atoms with van der Waals surface area (Å²) >= 11 is 0. The van der Waals surface area contributed by atoms with E-state index in [1.165, 1.54) is 47.6 Å². The zero-order valence-corrected chi connectivity index (χ0v) is 16.1. The lowest BCUT2D eigenvalue weighted by atomic mass is 10.1. The fraction of sp³-hybridized carbons (Fsp3) is 0.200. The van der Waals surface area contributed by atoms with Gasteiger partial charge in [0, 0.05) is 18.0 Å². The number of nitrogens with zero attached hydrogens (tertiary/aromatic N) is 5. The molecule has 0 bridgehead atoms. The van der Waals surface area contributed by atoms with Crippen LogP contribution in [-0.4, -0.2) is 42.2 Å². The van der Waals surface area contributed by atoms with Gasteiger partial charge in [0.1, 0.15) is 17.6 Å². The summed E-state index contributed by atoms with van der Waals surface area (Å²) in [7, 11) is 0. The van der Waals surface area contributed by atoms with E-state index < -0.39 is 12.4 Å². The van der Waals surface area contributed by atoms with Gasteiger partial charge in [0.15, 0.2) is 5.82 Å². The van der Waals surface area contributed by atoms with Crippen LogP contribution in [0.3, 0.4) is 0 Å². The number of rotatable bonds is 5. The van der Waals surface area contributed by atoms with Gasteiger partial charge in [-0.05, 0) is 37.3 Å². The Labute approximate surface area is 173 Å². The average Bonchev–Trinajstić information content (AvgIpc) is 3.27. The molecule has 160 valence electrons. The van der Waals surface area contributed by atoms with Crippen LogP contribution in [0, 0.1) is 0 Å². The van der Waals surface area contributed by atoms with Gasteiger partial charge in [0.2, 0.25) is 0 Å². The lowest BCUT2D eigenvalue weighted by Crippen LogP contribution is -2.26. The summed E-state index contributed by atoms with van der Waals surface area (Å²) in [5.41, 5.74) is 0.768. The molecule has 0 radical (unpaired) electrons. The number of aliphatic hydroxyl groups excluding tert-OH is 1. The molecule has 1 aromatic carbocycles. The van der Waals surface area contributed by atoms with Crippen molar-refractivity contribution >= 4 is 10.9 Å². The molecule has 8 nitrogen and oxygen atoms in total. The molecule has 0 saturated carbocycles. The third kappa shape index (κ3) is 4.12. The minimum atomic E-state index is -4.79. The van der Waals surface area contributed by atoms with Crippen LogP contribution in [0.4, 0.5) is 13.2 Å². The van der Waals surface area contributed by atoms with E-state index in [-0.39, 0.29) is 23.3 Å². The normalized spacial score (nSPS) is 12.8. The summed E-state index contributed by atoms with van der Waals surface area (Å²) in [6, 6.07) is 6.19. The highest BCUT2D eigenvalue weighted by Crippen LogP contribution is 2.28. The Kier molecular flexibility index (Phi) is 5.19. The summed E-state index contributed by atoms with van der Waals surface area (Å²) in [4.78, 5) is 26.0. The molecule has 1 atom stereocenters. The number of hydrogen-bond donors (Lipinski definition) is 1. The first-order valence-corrected chi connectivity index (χ1v) is 9.14. The van der Waals surface area contributed by atoms with Crippen molar-refractivity contribution in [3.8, 4) is 22.8 Å². The maximum atomic E-state index is 13.1. The molecule has 0 aliphatic heterocycles. The number of hydrogen-bond acceptors (Lipinski definition) is 6. The van der Waals surface area contributed by atoms with Crippen LogP contribution in [0.1, 0.15) is 13.0 Å². The lowest BCUT2D eigenvalue weighted by Gasteiger charge is -2.15. The van der Waals surface area contributed by atoms with Gasteiger partial charge < -0.3 is 9.84 Å². The largest absolute Gasteiger partial charge is 0.573 e. The van der Waals surface area contributed by atoms with Crippen molar-refractivity contribution in [2.45, 2.75) is 19.3 Å². The van der Waals surface area contributed by atoms with Crippen molar-refractivity contribution in [2.75, 3.05) is 6.61 Å². The quantitative estimate of drug-likeness (QED) is 0.522. The summed E-state index contributed by atoms with van der Waals surface area (Å²) in [6.45, 7) is 1.42. The number of pyridine rings is 1. The SMILES string of the molecule is CC(CO)n1cnc2c(-n3ccnc3)nc(-c3ccc(OC(F)(F)F)cc3)cc2c1=O. The Bertz CT molecular complexity index is 1270. The molecule has 0 aliphatic rings. The molecular formula is C20H16F3N5O3. The van der Waals surface area contributed by atoms with Gasteiger partial charge in [-0.3, -0.25) is 13.9 Å². The average molecular weight is 431 g/mol. The Morgan fingerprint density at radius 1 is 1.19 bits per heavy atom. The van der Waals surface area contributed by atoms with Crippen molar-refractivity contribution in [2.24, 2.45) is 0 Å². The second-order valence-electron chi connectivity index (χ2n) is 6.76. The molecule has 3 heterocycles. The van der Waals surface area contributed by atoms with Crippen molar-refractivity contribution in [3.05, 3.63) is 65.7 Å². The molecule has 0 spiro atoms. The number of aromatic nitrogens is 5. The first-order chi connectivity index (χ1) is 14.8. The zero-order valence-electron chi connectivity index (χ0n) is 16.1. The molecule has 1 N–H and O–H groups in total. The fourth-order valence-electron chi connectivity index (χ4n) is 3.07. The third-order valence-corrected chi connectivity index (χ3v) is 4.62. The Balaban J connectivity index is 1.89. The second kappa shape index (κ2) is 7.84. The maximum absolute atomic E-state index is 13.1. The highest BCUT2D eigenvalue weighted by Gasteiger charge is 2.31. The summed E-state index contributed by atoms with van der Waals surface area (Å²) in [5.74, 6) is -0.0332. The highest BCUT2D eigenvalue weighted by atomic mass is 19.4. The smallest absolute Gasteiger partial charge is 0.406 e. The molecule has 3 aromatic heterocycles. The number of imidazole rings is 1. The fourth-order valence-corrected chi connectivity index (χ4v) is 3.07. The van der Waals surface area contributed by atoms with Crippen molar-refractivity contribution < 1.29 is 23.0 Å². The highest BCUT2D eigenvalue weighted by molar-refractivity contribution is 5.87. The monoisotopic (exact) mass is 431 g/mol. The van der Waals surface area contributed by atoms with E-state index in [9.17, 15) is 23.1 Å². The molecule has 0 fully saturated rings. The molecular weight excluding hydrogens is 415 g/mol. The van der Waals surface area contributed by atoms with Crippen molar-refractivity contribution in [1.82, 2.24) is 24.1 Å². The predicted octanol–water partition coefficient (Wildman–Crippen LogP) is 3.10. The van der Waals surface area contributed by atoms with Crippen molar-refractivity contribution in [3.63, 3.8) is 0 Å². The minimum Gasteiger partial charge on any atom is -0.406 e. The van der Waals surface area contributed by atoms with Gasteiger partial charge in [0.05, 0.1) is 30.1 Å². The number of aliphatic hydroxyl groups is 1. The molecule has 31 heavy (non-hydrogen) atoms. The number of benzene rings is 1. The third-order valence-electron chi connectivity index (χ3n) is 4.62. The van der Waals surface area contributed by atoms with Crippen LogP contribution in [0.25, 0.3) is 28.0 Å². The van der Waals surface area contributed by atoms with E-state index in [1.54, 1.807) is 23.9 Å². The van der Waals surface area contributed by atoms with Gasteiger partial charge in [-0.2, -0.15) is 0 Å². The zero-order chi connectivity index (χ0) is 22.2. The first kappa shape index (κ1) is 20.5. The predicted molar refractivity (Wildman–Crippen MR) is 105 cm³/mol. The number of ether oxygens (including phenoxy) is 1. The van der Waals surface area contributed by atoms with Crippen LogP contribution in [0.2, 0.25) is 0 Å². The van der Waals surface area contributed by atoms with E-state index in [4.69, 9.17) is 0 Å². The van der Waals surface area contributed by atoms with Gasteiger partial charge in [0.25, 0.3) is 5.56 Å². The molecule has 4 rings (SSSR count). The second-order valence-corrected chi connectivity index (χ2v) is 6.76. The van der Waals surface area contributed by atoms with E-state index >= 15 is 0 Å². The van der Waals surface area contributed by atoms with Crippen LogP contribution in [0.15, 0.2) is 60.2 Å². The van der Waals surface area contributed by atoms with E-state index in [1.807, 2.05) is 0 Å². The molecule has 0 saturated heterocycles. The number of halogens is 3. The van der Waals surface area contributed by atoms with E-state index in [2.05, 4.69) is 19.7 Å². The molecule has 4 aromatic rings. The molecule has 0 amide bonds. The maximum Gasteiger partial charge on any atom is 0.573 e. The number of fused-ring (bicyclic) bond motifs is 1. The van der Waals surface area contributed by atoms with Crippen LogP contribution in [0.5, 0.6) is 5.75 Å². The lowest BCUT2D eigenvalue weighted by molar-refractivity contribution is -0.274. The summed E-state index contributed by atoms with van der Waals surface area (Å²) in [6.07, 6.45) is 1.22. The Hall–Kier alpha value is -3.73. The van der Waals surface area contributed by atoms with Gasteiger partial charge >= 0.3 is 6.36 Å². The minimum absolute atomic E-state index is 0.243. The van der Waals surface area contributed by atoms with Crippen molar-refractivity contribution in [1.29, 1.82) is 0 Å². The molecule has 0 aliphatic carbocycles. The Morgan fingerprint density at radius 3 is 2.55 bits per heavy atom. The van der Waals surface area contributed by atoms with Crippen LogP contribution >= 0.6 is 0 Å². The molecule has 11 heteroatoms. The van der Waals surface area contributed by atoms with E-state index in [0.717, 1.165) is 0 Å². The van der Waals surface area contributed by atoms with Gasteiger partial charge in [-0.25, -0.2) is 15.0 Å². The van der Waals surface area contributed by atoms with Crippen LogP contribution < -0.4 is 10.3 Å². The summed E-state index contributed by atoms with van der Waals surface area (Å²) < 4.78 is 44.1. The first-order valence-electron chi connectivity index (χ1n) is 9.14. The molecule has 1 unspecified atom stereocenters. The topological polar surface area (TPSA) is 95.1 Å². The van der Waals surface area contributed by atoms with E-state index in [0.29, 0.717) is 22.6 Å². The van der Waals surface area contributed by atoms with Crippen LogP contribution in [-0.2, 0) is 0 Å². The number of alkyl halides is 3. The van der Waals surface area contributed by atoms with Gasteiger partial charge in [-0.1, -0.05) is 0 Å². The standard InChI is InChI=1S/C20H16F3N5O3/c1-12(9-29)28-11-25-17-15(19(28)30)8-16(26-18(17)27-7-6-24-10-27)13-2-4-14(5-3-13)31-20(21,22)23/h2-8,10-12,29H,9H2,1H3. The summed E-state index contributed by atoms with van der Waals surface area (Å²) in [5, 5.41) is 9.67. The Morgan fingerprint density at radius 2 is 1.94 bits per heavy atom. The van der Waals surface area contributed by atoms with Gasteiger partial charge in [-0.15, -0.1) is 13.2 Å².